The zero-order chi connectivity index (χ0) is 14.8. The molecule has 1 aromatic heterocycles. The van der Waals surface area contributed by atoms with E-state index >= 15 is 0 Å². The summed E-state index contributed by atoms with van der Waals surface area (Å²) in [4.78, 5) is 11.1. The summed E-state index contributed by atoms with van der Waals surface area (Å²) in [6.07, 6.45) is -2.04. The molecule has 6 heteroatoms. The predicted molar refractivity (Wildman–Crippen MR) is 66.2 cm³/mol. The molecule has 102 valence electrons. The molecule has 0 saturated carbocycles. The lowest BCUT2D eigenvalue weighted by atomic mass is 10.0. The van der Waals surface area contributed by atoms with Crippen LogP contribution in [0.4, 0.5) is 13.2 Å². The van der Waals surface area contributed by atoms with Gasteiger partial charge in [-0.05, 0) is 19.1 Å². The molecular formula is C13H13F3N2O. The van der Waals surface area contributed by atoms with Crippen LogP contribution in [0.3, 0.4) is 0 Å². The Morgan fingerprint density at radius 2 is 2.00 bits per heavy atom. The third-order valence-corrected chi connectivity index (χ3v) is 2.43. The lowest BCUT2D eigenvalue weighted by Crippen LogP contribution is -2.13. The summed E-state index contributed by atoms with van der Waals surface area (Å²) in [7, 11) is 1.58. The second kappa shape index (κ2) is 5.26. The first-order valence-electron chi connectivity index (χ1n) is 5.31. The minimum Gasteiger partial charge on any atom is -0.295 e. The number of aryl methyl sites for hydroxylation is 1. The van der Waals surface area contributed by atoms with Crippen LogP contribution < -0.4 is 0 Å². The largest absolute Gasteiger partial charge is 0.416 e. The van der Waals surface area contributed by atoms with E-state index in [2.05, 4.69) is 18.3 Å². The van der Waals surface area contributed by atoms with Crippen LogP contribution in [0.25, 0.3) is 5.57 Å². The summed E-state index contributed by atoms with van der Waals surface area (Å²) in [5.74, 6) is -0.414. The topological polar surface area (TPSA) is 34.9 Å². The SMILES string of the molecule is C=C(C=C(C(=C)C(F)(F)F)c1ccn(C)n1)C(C)=O. The molecule has 0 saturated heterocycles. The van der Waals surface area contributed by atoms with Gasteiger partial charge in [0.15, 0.2) is 5.78 Å². The van der Waals surface area contributed by atoms with E-state index in [0.717, 1.165) is 6.08 Å². The molecule has 0 amide bonds. The van der Waals surface area contributed by atoms with Crippen LogP contribution in [0.2, 0.25) is 0 Å². The van der Waals surface area contributed by atoms with Crippen LogP contribution in [-0.4, -0.2) is 21.7 Å². The zero-order valence-corrected chi connectivity index (χ0v) is 10.6. The van der Waals surface area contributed by atoms with E-state index in [1.54, 1.807) is 7.05 Å². The molecule has 0 fully saturated rings. The maximum atomic E-state index is 12.8. The van der Waals surface area contributed by atoms with Gasteiger partial charge in [-0.15, -0.1) is 0 Å². The molecule has 19 heavy (non-hydrogen) atoms. The Labute approximate surface area is 108 Å². The lowest BCUT2D eigenvalue weighted by Gasteiger charge is -2.12. The van der Waals surface area contributed by atoms with Gasteiger partial charge >= 0.3 is 6.18 Å². The Morgan fingerprint density at radius 3 is 2.37 bits per heavy atom. The van der Waals surface area contributed by atoms with Crippen LogP contribution in [0, 0.1) is 0 Å². The molecule has 0 aliphatic rings. The maximum absolute atomic E-state index is 12.8. The van der Waals surface area contributed by atoms with E-state index in [4.69, 9.17) is 0 Å². The molecule has 1 aromatic rings. The molecule has 0 aromatic carbocycles. The highest BCUT2D eigenvalue weighted by molar-refractivity contribution is 5.98. The van der Waals surface area contributed by atoms with Crippen molar-refractivity contribution in [3.63, 3.8) is 0 Å². The number of halogens is 3. The Hall–Kier alpha value is -2.11. The fourth-order valence-electron chi connectivity index (χ4n) is 1.30. The van der Waals surface area contributed by atoms with Crippen molar-refractivity contribution in [3.8, 4) is 0 Å². The number of Topliss-reactive ketones (excluding diaryl/α,β-unsaturated/α-hetero) is 1. The second-order valence-electron chi connectivity index (χ2n) is 3.99. The standard InChI is InChI=1S/C13H13F3N2O/c1-8(10(3)19)7-11(9(2)13(14,15)16)12-5-6-18(4)17-12/h5-7H,1-2H2,3-4H3. The summed E-state index contributed by atoms with van der Waals surface area (Å²) in [5.41, 5.74) is -1.26. The van der Waals surface area contributed by atoms with E-state index < -0.39 is 17.5 Å². The number of aromatic nitrogens is 2. The molecule has 0 radical (unpaired) electrons. The van der Waals surface area contributed by atoms with Crippen molar-refractivity contribution in [3.05, 3.63) is 48.3 Å². The molecule has 0 N–H and O–H groups in total. The molecule has 0 aliphatic carbocycles. The number of ketones is 1. The molecule has 1 rings (SSSR count). The fourth-order valence-corrected chi connectivity index (χ4v) is 1.30. The van der Waals surface area contributed by atoms with Crippen LogP contribution in [-0.2, 0) is 11.8 Å². The predicted octanol–water partition coefficient (Wildman–Crippen LogP) is 3.07. The fraction of sp³-hybridized carbons (Fsp3) is 0.231. The Balaban J connectivity index is 3.31. The number of carbonyl (C=O) groups is 1. The smallest absolute Gasteiger partial charge is 0.295 e. The Morgan fingerprint density at radius 1 is 1.42 bits per heavy atom. The molecule has 0 spiro atoms. The minimum atomic E-state index is -4.60. The van der Waals surface area contributed by atoms with E-state index in [-0.39, 0.29) is 16.8 Å². The van der Waals surface area contributed by atoms with Gasteiger partial charge in [0.05, 0.1) is 11.3 Å². The number of hydrogen-bond donors (Lipinski definition) is 0. The normalized spacial score (nSPS) is 12.4. The van der Waals surface area contributed by atoms with Crippen molar-refractivity contribution in [2.75, 3.05) is 0 Å². The monoisotopic (exact) mass is 270 g/mol. The first kappa shape index (κ1) is 14.9. The summed E-state index contributed by atoms with van der Waals surface area (Å²) in [6.45, 7) is 7.68. The van der Waals surface area contributed by atoms with E-state index in [9.17, 15) is 18.0 Å². The highest BCUT2D eigenvalue weighted by Crippen LogP contribution is 2.35. The number of carbonyl (C=O) groups excluding carboxylic acids is 1. The summed E-state index contributed by atoms with van der Waals surface area (Å²) in [6, 6.07) is 1.41. The second-order valence-corrected chi connectivity index (χ2v) is 3.99. The van der Waals surface area contributed by atoms with Crippen molar-refractivity contribution in [2.24, 2.45) is 7.05 Å². The van der Waals surface area contributed by atoms with Gasteiger partial charge in [0, 0.05) is 24.4 Å². The average Bonchev–Trinajstić information content (AvgIpc) is 2.69. The number of hydrogen-bond acceptors (Lipinski definition) is 2. The molecule has 0 unspecified atom stereocenters. The quantitative estimate of drug-likeness (QED) is 0.622. The number of rotatable bonds is 4. The van der Waals surface area contributed by atoms with Gasteiger partial charge in [-0.1, -0.05) is 13.2 Å². The van der Waals surface area contributed by atoms with Gasteiger partial charge in [0.2, 0.25) is 0 Å². The number of allylic oxidation sites excluding steroid dienone is 4. The minimum absolute atomic E-state index is 0.0361. The molecule has 0 bridgehead atoms. The molecular weight excluding hydrogens is 257 g/mol. The molecule has 3 nitrogen and oxygen atoms in total. The van der Waals surface area contributed by atoms with Crippen LogP contribution in [0.15, 0.2) is 42.6 Å². The number of nitrogens with zero attached hydrogens (tertiary/aromatic N) is 2. The molecule has 0 atom stereocenters. The van der Waals surface area contributed by atoms with E-state index in [0.29, 0.717) is 0 Å². The van der Waals surface area contributed by atoms with Crippen molar-refractivity contribution < 1.29 is 18.0 Å². The summed E-state index contributed by atoms with van der Waals surface area (Å²) in [5, 5.41) is 3.89. The zero-order valence-electron chi connectivity index (χ0n) is 10.6. The van der Waals surface area contributed by atoms with Crippen molar-refractivity contribution >= 4 is 11.4 Å². The van der Waals surface area contributed by atoms with E-state index in [1.807, 2.05) is 0 Å². The van der Waals surface area contributed by atoms with Crippen LogP contribution >= 0.6 is 0 Å². The summed E-state index contributed by atoms with van der Waals surface area (Å²) >= 11 is 0. The van der Waals surface area contributed by atoms with Gasteiger partial charge in [-0.3, -0.25) is 9.48 Å². The van der Waals surface area contributed by atoms with Gasteiger partial charge in [-0.2, -0.15) is 18.3 Å². The highest BCUT2D eigenvalue weighted by Gasteiger charge is 2.35. The first-order chi connectivity index (χ1) is 8.62. The first-order valence-corrected chi connectivity index (χ1v) is 5.31. The van der Waals surface area contributed by atoms with Crippen molar-refractivity contribution in [2.45, 2.75) is 13.1 Å². The summed E-state index contributed by atoms with van der Waals surface area (Å²) < 4.78 is 39.6. The van der Waals surface area contributed by atoms with Crippen molar-refractivity contribution in [1.29, 1.82) is 0 Å². The maximum Gasteiger partial charge on any atom is 0.416 e. The Bertz CT molecular complexity index is 565. The highest BCUT2D eigenvalue weighted by atomic mass is 19.4. The third-order valence-electron chi connectivity index (χ3n) is 2.43. The van der Waals surface area contributed by atoms with Gasteiger partial charge in [-0.25, -0.2) is 0 Å². The van der Waals surface area contributed by atoms with Crippen LogP contribution in [0.5, 0.6) is 0 Å². The average molecular weight is 270 g/mol. The van der Waals surface area contributed by atoms with Crippen molar-refractivity contribution in [1.82, 2.24) is 9.78 Å². The number of alkyl halides is 3. The van der Waals surface area contributed by atoms with Crippen LogP contribution in [0.1, 0.15) is 12.6 Å². The lowest BCUT2D eigenvalue weighted by molar-refractivity contribution is -0.113. The Kier molecular flexibility index (Phi) is 4.14. The molecule has 0 aliphatic heterocycles. The van der Waals surface area contributed by atoms with Gasteiger partial charge < -0.3 is 0 Å². The third kappa shape index (κ3) is 3.67. The molecule has 1 heterocycles. The van der Waals surface area contributed by atoms with E-state index in [1.165, 1.54) is 23.9 Å². The van der Waals surface area contributed by atoms with Gasteiger partial charge in [0.25, 0.3) is 0 Å². The van der Waals surface area contributed by atoms with Gasteiger partial charge in [0.1, 0.15) is 0 Å².